The van der Waals surface area contributed by atoms with Gasteiger partial charge in [0.05, 0.1) is 25.1 Å². The molecule has 2 aromatic rings. The van der Waals surface area contributed by atoms with Crippen molar-refractivity contribution >= 4 is 34.4 Å². The Bertz CT molecular complexity index is 767. The van der Waals surface area contributed by atoms with Gasteiger partial charge in [0.25, 0.3) is 0 Å². The molecule has 1 fully saturated rings. The van der Waals surface area contributed by atoms with Crippen LogP contribution in [-0.2, 0) is 16.0 Å². The van der Waals surface area contributed by atoms with Crippen molar-refractivity contribution in [1.82, 2.24) is 5.32 Å². The van der Waals surface area contributed by atoms with Gasteiger partial charge in [-0.25, -0.2) is 4.39 Å². The van der Waals surface area contributed by atoms with Gasteiger partial charge in [-0.1, -0.05) is 11.6 Å². The number of aliphatic carboxylic acids is 1. The van der Waals surface area contributed by atoms with Gasteiger partial charge in [-0.15, -0.1) is 0 Å². The van der Waals surface area contributed by atoms with Gasteiger partial charge < -0.3 is 14.8 Å². The topological polar surface area (TPSA) is 79.5 Å². The predicted molar refractivity (Wildman–Crippen MR) is 82.1 cm³/mol. The maximum absolute atomic E-state index is 14.1. The lowest BCUT2D eigenvalue weighted by Crippen LogP contribution is -2.51. The molecule has 0 atom stereocenters. The molecule has 0 unspecified atom stereocenters. The van der Waals surface area contributed by atoms with Gasteiger partial charge in [-0.3, -0.25) is 9.59 Å². The number of hydrogen-bond acceptors (Lipinski definition) is 3. The Morgan fingerprint density at radius 3 is 2.87 bits per heavy atom. The first kappa shape index (κ1) is 15.8. The number of furan rings is 1. The molecule has 3 rings (SSSR count). The molecule has 1 heterocycles. The second-order valence-electron chi connectivity index (χ2n) is 5.95. The van der Waals surface area contributed by atoms with E-state index in [1.165, 1.54) is 6.26 Å². The Morgan fingerprint density at radius 1 is 1.43 bits per heavy atom. The molecule has 5 nitrogen and oxygen atoms in total. The lowest BCUT2D eigenvalue weighted by Gasteiger charge is -2.39. The van der Waals surface area contributed by atoms with Crippen LogP contribution in [-0.4, -0.2) is 29.2 Å². The number of carboxylic acids is 1. The molecule has 23 heavy (non-hydrogen) atoms. The van der Waals surface area contributed by atoms with Crippen molar-refractivity contribution in [3.8, 4) is 0 Å². The zero-order valence-electron chi connectivity index (χ0n) is 12.1. The molecular weight excluding hydrogens is 325 g/mol. The molecule has 2 N–H and O–H groups in total. The molecule has 7 heteroatoms. The highest BCUT2D eigenvalue weighted by Gasteiger charge is 2.48. The van der Waals surface area contributed by atoms with E-state index in [1.54, 1.807) is 18.2 Å². The molecular formula is C16H15ClFNO4. The van der Waals surface area contributed by atoms with Crippen molar-refractivity contribution in [2.45, 2.75) is 24.9 Å². The minimum absolute atomic E-state index is 0.0598. The predicted octanol–water partition coefficient (Wildman–Crippen LogP) is 2.95. The van der Waals surface area contributed by atoms with E-state index in [0.717, 1.165) is 5.39 Å². The second-order valence-corrected chi connectivity index (χ2v) is 6.39. The third kappa shape index (κ3) is 3.32. The number of carbonyl (C=O) groups is 2. The SMILES string of the molecule is O=C(Cc1coc2cc(Cl)ccc12)NCC1(F)CC(C(=O)O)C1. The molecule has 0 spiro atoms. The van der Waals surface area contributed by atoms with Crippen LogP contribution in [0.3, 0.4) is 0 Å². The molecule has 1 aliphatic carbocycles. The van der Waals surface area contributed by atoms with E-state index in [1.807, 2.05) is 0 Å². The summed E-state index contributed by atoms with van der Waals surface area (Å²) in [7, 11) is 0. The van der Waals surface area contributed by atoms with E-state index in [4.69, 9.17) is 21.1 Å². The molecule has 0 saturated heterocycles. The van der Waals surface area contributed by atoms with Crippen LogP contribution in [0.4, 0.5) is 4.39 Å². The van der Waals surface area contributed by atoms with Crippen molar-refractivity contribution in [1.29, 1.82) is 0 Å². The van der Waals surface area contributed by atoms with Crippen LogP contribution in [0.25, 0.3) is 11.0 Å². The van der Waals surface area contributed by atoms with E-state index >= 15 is 0 Å². The zero-order valence-corrected chi connectivity index (χ0v) is 12.9. The normalized spacial score (nSPS) is 23.5. The number of halogens is 2. The molecule has 0 radical (unpaired) electrons. The number of fused-ring (bicyclic) bond motifs is 1. The van der Waals surface area contributed by atoms with Crippen LogP contribution in [0.1, 0.15) is 18.4 Å². The summed E-state index contributed by atoms with van der Waals surface area (Å²) in [5, 5.41) is 12.6. The van der Waals surface area contributed by atoms with E-state index in [2.05, 4.69) is 5.32 Å². The number of nitrogens with one attached hydrogen (secondary N) is 1. The Hall–Kier alpha value is -2.08. The van der Waals surface area contributed by atoms with Gasteiger partial charge in [-0.2, -0.15) is 0 Å². The summed E-state index contributed by atoms with van der Waals surface area (Å²) in [6, 6.07) is 5.14. The van der Waals surface area contributed by atoms with E-state index in [9.17, 15) is 14.0 Å². The third-order valence-electron chi connectivity index (χ3n) is 4.14. The molecule has 1 saturated carbocycles. The number of rotatable bonds is 5. The summed E-state index contributed by atoms with van der Waals surface area (Å²) < 4.78 is 19.5. The molecule has 1 amide bonds. The Kier molecular flexibility index (Phi) is 4.02. The van der Waals surface area contributed by atoms with Gasteiger partial charge in [0.2, 0.25) is 5.91 Å². The standard InChI is InChI=1S/C16H15ClFNO4/c17-11-1-2-12-9(7-23-13(12)4-11)3-14(20)19-8-16(18)5-10(6-16)15(21)22/h1-2,4,7,10H,3,5-6,8H2,(H,19,20)(H,21,22). The fourth-order valence-electron chi connectivity index (χ4n) is 2.83. The van der Waals surface area contributed by atoms with Crippen LogP contribution < -0.4 is 5.32 Å². The van der Waals surface area contributed by atoms with Crippen LogP contribution in [0, 0.1) is 5.92 Å². The smallest absolute Gasteiger partial charge is 0.306 e. The minimum atomic E-state index is -1.62. The number of carbonyl (C=O) groups excluding carboxylic acids is 1. The van der Waals surface area contributed by atoms with Crippen molar-refractivity contribution in [3.63, 3.8) is 0 Å². The number of amides is 1. The van der Waals surface area contributed by atoms with Crippen LogP contribution in [0.2, 0.25) is 5.02 Å². The maximum atomic E-state index is 14.1. The van der Waals surface area contributed by atoms with Gasteiger partial charge in [0.15, 0.2) is 0 Å². The monoisotopic (exact) mass is 339 g/mol. The highest BCUT2D eigenvalue weighted by atomic mass is 35.5. The summed E-state index contributed by atoms with van der Waals surface area (Å²) in [5.41, 5.74) is -0.338. The molecule has 122 valence electrons. The number of alkyl halides is 1. The van der Waals surface area contributed by atoms with E-state index < -0.39 is 17.6 Å². The Labute approximate surface area is 136 Å². The summed E-state index contributed by atoms with van der Waals surface area (Å²) in [5.74, 6) is -1.98. The van der Waals surface area contributed by atoms with E-state index in [-0.39, 0.29) is 31.7 Å². The highest BCUT2D eigenvalue weighted by molar-refractivity contribution is 6.31. The fourth-order valence-corrected chi connectivity index (χ4v) is 2.99. The average Bonchev–Trinajstić information content (AvgIpc) is 2.84. The molecule has 1 aromatic carbocycles. The summed E-state index contributed by atoms with van der Waals surface area (Å²) in [6.45, 7) is -0.169. The number of hydrogen-bond donors (Lipinski definition) is 2. The van der Waals surface area contributed by atoms with Gasteiger partial charge >= 0.3 is 5.97 Å². The first-order valence-electron chi connectivity index (χ1n) is 7.20. The third-order valence-corrected chi connectivity index (χ3v) is 4.38. The summed E-state index contributed by atoms with van der Waals surface area (Å²) in [4.78, 5) is 22.7. The van der Waals surface area contributed by atoms with Gasteiger partial charge in [-0.05, 0) is 31.0 Å². The lowest BCUT2D eigenvalue weighted by molar-refractivity contribution is -0.151. The quantitative estimate of drug-likeness (QED) is 0.877. The highest BCUT2D eigenvalue weighted by Crippen LogP contribution is 2.40. The number of benzene rings is 1. The summed E-state index contributed by atoms with van der Waals surface area (Å²) in [6.07, 6.45) is 1.42. The fraction of sp³-hybridized carbons (Fsp3) is 0.375. The van der Waals surface area contributed by atoms with Crippen molar-refractivity contribution in [3.05, 3.63) is 35.0 Å². The first-order chi connectivity index (χ1) is 10.9. The second kappa shape index (κ2) is 5.85. The zero-order chi connectivity index (χ0) is 16.6. The van der Waals surface area contributed by atoms with Crippen molar-refractivity contribution in [2.24, 2.45) is 5.92 Å². The van der Waals surface area contributed by atoms with Crippen molar-refractivity contribution in [2.75, 3.05) is 6.54 Å². The van der Waals surface area contributed by atoms with Gasteiger partial charge in [0, 0.05) is 16.0 Å². The maximum Gasteiger partial charge on any atom is 0.306 e. The van der Waals surface area contributed by atoms with Crippen LogP contribution in [0.5, 0.6) is 0 Å². The largest absolute Gasteiger partial charge is 0.481 e. The minimum Gasteiger partial charge on any atom is -0.481 e. The Morgan fingerprint density at radius 2 is 2.17 bits per heavy atom. The lowest BCUT2D eigenvalue weighted by atomic mass is 9.72. The molecule has 1 aromatic heterocycles. The average molecular weight is 340 g/mol. The first-order valence-corrected chi connectivity index (χ1v) is 7.58. The van der Waals surface area contributed by atoms with Crippen LogP contribution >= 0.6 is 11.6 Å². The Balaban J connectivity index is 1.56. The molecule has 1 aliphatic rings. The number of carboxylic acid groups (broad SMARTS) is 1. The molecule has 0 bridgehead atoms. The van der Waals surface area contributed by atoms with E-state index in [0.29, 0.717) is 16.2 Å². The van der Waals surface area contributed by atoms with Crippen LogP contribution in [0.15, 0.2) is 28.9 Å². The van der Waals surface area contributed by atoms with Crippen molar-refractivity contribution < 1.29 is 23.5 Å². The van der Waals surface area contributed by atoms with Gasteiger partial charge in [0.1, 0.15) is 11.3 Å². The summed E-state index contributed by atoms with van der Waals surface area (Å²) >= 11 is 5.87. The molecule has 0 aliphatic heterocycles.